The van der Waals surface area contributed by atoms with Gasteiger partial charge < -0.3 is 0 Å². The Morgan fingerprint density at radius 1 is 0.906 bits per heavy atom. The van der Waals surface area contributed by atoms with Gasteiger partial charge in [0.25, 0.3) is 10.0 Å². The minimum atomic E-state index is -3.88. The van der Waals surface area contributed by atoms with Crippen molar-refractivity contribution in [1.29, 1.82) is 0 Å². The third-order valence-corrected chi connectivity index (χ3v) is 5.42. The molecule has 0 unspecified atom stereocenters. The Morgan fingerprint density at radius 3 is 2.09 bits per heavy atom. The van der Waals surface area contributed by atoms with Gasteiger partial charge in [-0.1, -0.05) is 64.7 Å². The highest BCUT2D eigenvalue weighted by molar-refractivity contribution is 7.89. The van der Waals surface area contributed by atoms with Gasteiger partial charge in [-0.15, -0.1) is 0 Å². The average Bonchev–Trinajstić information content (AvgIpc) is 3.22. The van der Waals surface area contributed by atoms with Gasteiger partial charge in [-0.3, -0.25) is 0 Å². The summed E-state index contributed by atoms with van der Waals surface area (Å²) in [7, 11) is -3.88. The summed E-state index contributed by atoms with van der Waals surface area (Å²) < 4.78 is 26.0. The van der Waals surface area contributed by atoms with Crippen molar-refractivity contribution in [3.05, 3.63) is 52.2 Å². The molecule has 32 heavy (non-hydrogen) atoms. The molecule has 0 atom stereocenters. The standard InChI is InChI=1S/C9H11ClN4O2S.C9H10ClN3.2CH4/c1-2-3-6-9(17(11,15)16)14-8(12-6)5-4-7(10)13-14;1-2-3-7-6-13-9(11-7)5-4-8(10)12-13;;/h4-5H,2-3H2,1H3,(H2,11,15,16);4-6H,2-3H2,1H3;2*1H4. The molecule has 0 aliphatic heterocycles. The van der Waals surface area contributed by atoms with Gasteiger partial charge in [0.1, 0.15) is 10.3 Å². The SMILES string of the molecule is C.C.CCCc1cn2nc(Cl)ccc2n1.CCCc1nc2ccc(Cl)nn2c1S(N)(=O)=O. The predicted octanol–water partition coefficient (Wildman–Crippen LogP) is 4.59. The van der Waals surface area contributed by atoms with Crippen LogP contribution >= 0.6 is 23.2 Å². The molecule has 4 rings (SSSR count). The van der Waals surface area contributed by atoms with E-state index >= 15 is 0 Å². The Hall–Kier alpha value is -2.27. The maximum Gasteiger partial charge on any atom is 0.257 e. The topological polar surface area (TPSA) is 121 Å². The molecule has 0 saturated carbocycles. The molecule has 0 amide bonds. The molecule has 0 aromatic carbocycles. The van der Waals surface area contributed by atoms with Crippen LogP contribution in [0.5, 0.6) is 0 Å². The lowest BCUT2D eigenvalue weighted by atomic mass is 10.3. The summed E-state index contributed by atoms with van der Waals surface area (Å²) in [5, 5.41) is 13.8. The molecule has 0 aliphatic carbocycles. The van der Waals surface area contributed by atoms with Crippen molar-refractivity contribution in [2.45, 2.75) is 59.4 Å². The number of fused-ring (bicyclic) bond motifs is 2. The summed E-state index contributed by atoms with van der Waals surface area (Å²) in [6.07, 6.45) is 5.29. The first-order chi connectivity index (χ1) is 14.2. The molecular weight excluding hydrogens is 473 g/mol. The minimum absolute atomic E-state index is 0. The van der Waals surface area contributed by atoms with Crippen molar-refractivity contribution >= 4 is 44.5 Å². The van der Waals surface area contributed by atoms with Crippen LogP contribution in [0.3, 0.4) is 0 Å². The maximum absolute atomic E-state index is 11.5. The molecule has 0 radical (unpaired) electrons. The Bertz CT molecular complexity index is 1290. The average molecular weight is 502 g/mol. The van der Waals surface area contributed by atoms with Crippen molar-refractivity contribution in [3.63, 3.8) is 0 Å². The maximum atomic E-state index is 11.5. The first-order valence-corrected chi connectivity index (χ1v) is 11.6. The number of hydrogen-bond acceptors (Lipinski definition) is 6. The Morgan fingerprint density at radius 2 is 1.50 bits per heavy atom. The number of primary sulfonamides is 1. The summed E-state index contributed by atoms with van der Waals surface area (Å²) >= 11 is 11.5. The van der Waals surface area contributed by atoms with Crippen LogP contribution in [-0.4, -0.2) is 37.6 Å². The molecule has 4 heterocycles. The third kappa shape index (κ3) is 6.38. The highest BCUT2D eigenvalue weighted by Gasteiger charge is 2.22. The lowest BCUT2D eigenvalue weighted by Crippen LogP contribution is -2.17. The van der Waals surface area contributed by atoms with E-state index in [1.54, 1.807) is 22.7 Å². The van der Waals surface area contributed by atoms with Crippen LogP contribution in [-0.2, 0) is 22.9 Å². The number of nitrogens with two attached hydrogens (primary N) is 1. The normalized spacial score (nSPS) is 10.9. The molecule has 2 N–H and O–H groups in total. The first-order valence-electron chi connectivity index (χ1n) is 9.30. The number of hydrogen-bond donors (Lipinski definition) is 1. The molecule has 12 heteroatoms. The van der Waals surface area contributed by atoms with Crippen LogP contribution in [0.1, 0.15) is 52.9 Å². The van der Waals surface area contributed by atoms with Crippen molar-refractivity contribution in [1.82, 2.24) is 29.2 Å². The zero-order valence-corrected chi connectivity index (χ0v) is 18.8. The van der Waals surface area contributed by atoms with Crippen molar-refractivity contribution in [2.75, 3.05) is 0 Å². The molecular formula is C20H29Cl2N7O2S. The molecule has 0 fully saturated rings. The summed E-state index contributed by atoms with van der Waals surface area (Å²) in [5.74, 6) is 0. The number of aromatic nitrogens is 6. The van der Waals surface area contributed by atoms with Crippen molar-refractivity contribution in [2.24, 2.45) is 5.14 Å². The molecule has 4 aromatic heterocycles. The van der Waals surface area contributed by atoms with Gasteiger partial charge in [0, 0.05) is 0 Å². The van der Waals surface area contributed by atoms with E-state index < -0.39 is 10.0 Å². The second kappa shape index (κ2) is 11.6. The van der Waals surface area contributed by atoms with Gasteiger partial charge in [-0.2, -0.15) is 14.7 Å². The van der Waals surface area contributed by atoms with Crippen LogP contribution < -0.4 is 5.14 Å². The Kier molecular flexibility index (Phi) is 10.0. The Balaban J connectivity index is 0.000000310. The highest BCUT2D eigenvalue weighted by atomic mass is 35.5. The van der Waals surface area contributed by atoms with E-state index in [0.717, 1.165) is 30.6 Å². The summed E-state index contributed by atoms with van der Waals surface area (Å²) in [5.41, 5.74) is 2.76. The van der Waals surface area contributed by atoms with E-state index in [9.17, 15) is 8.42 Å². The number of halogens is 2. The fraction of sp³-hybridized carbons (Fsp3) is 0.400. The minimum Gasteiger partial charge on any atom is -0.232 e. The van der Waals surface area contributed by atoms with E-state index in [1.165, 1.54) is 4.52 Å². The predicted molar refractivity (Wildman–Crippen MR) is 129 cm³/mol. The van der Waals surface area contributed by atoms with E-state index in [-0.39, 0.29) is 25.0 Å². The number of imidazole rings is 2. The molecule has 176 valence electrons. The van der Waals surface area contributed by atoms with Crippen LogP contribution in [0.25, 0.3) is 11.3 Å². The molecule has 0 spiro atoms. The molecule has 4 aromatic rings. The fourth-order valence-electron chi connectivity index (χ4n) is 2.91. The molecule has 0 aliphatic rings. The second-order valence-corrected chi connectivity index (χ2v) is 8.78. The number of rotatable bonds is 5. The summed E-state index contributed by atoms with van der Waals surface area (Å²) in [4.78, 5) is 8.58. The van der Waals surface area contributed by atoms with Gasteiger partial charge in [0.15, 0.2) is 16.3 Å². The van der Waals surface area contributed by atoms with E-state index in [2.05, 4.69) is 27.1 Å². The van der Waals surface area contributed by atoms with Gasteiger partial charge in [-0.25, -0.2) is 28.0 Å². The fourth-order valence-corrected chi connectivity index (χ4v) is 4.04. The van der Waals surface area contributed by atoms with E-state index in [4.69, 9.17) is 28.3 Å². The molecule has 9 nitrogen and oxygen atoms in total. The zero-order valence-electron chi connectivity index (χ0n) is 16.5. The monoisotopic (exact) mass is 501 g/mol. The van der Waals surface area contributed by atoms with Crippen molar-refractivity contribution in [3.8, 4) is 0 Å². The first kappa shape index (κ1) is 27.8. The van der Waals surface area contributed by atoms with Crippen LogP contribution in [0, 0.1) is 0 Å². The third-order valence-electron chi connectivity index (χ3n) is 4.07. The lowest BCUT2D eigenvalue weighted by Gasteiger charge is -2.00. The summed E-state index contributed by atoms with van der Waals surface area (Å²) in [6, 6.07) is 6.77. The second-order valence-electron chi connectivity index (χ2n) is 6.53. The van der Waals surface area contributed by atoms with Crippen molar-refractivity contribution < 1.29 is 8.42 Å². The highest BCUT2D eigenvalue weighted by Crippen LogP contribution is 2.18. The van der Waals surface area contributed by atoms with E-state index in [1.807, 2.05) is 19.2 Å². The molecule has 0 saturated heterocycles. The summed E-state index contributed by atoms with van der Waals surface area (Å²) in [6.45, 7) is 4.06. The van der Waals surface area contributed by atoms with Gasteiger partial charge in [-0.05, 0) is 37.1 Å². The lowest BCUT2D eigenvalue weighted by molar-refractivity contribution is 0.587. The zero-order chi connectivity index (χ0) is 21.9. The van der Waals surface area contributed by atoms with Gasteiger partial charge in [0.05, 0.1) is 17.6 Å². The van der Waals surface area contributed by atoms with Crippen LogP contribution in [0.15, 0.2) is 35.5 Å². The van der Waals surface area contributed by atoms with Crippen LogP contribution in [0.4, 0.5) is 0 Å². The van der Waals surface area contributed by atoms with Gasteiger partial charge >= 0.3 is 0 Å². The Labute approximate surface area is 198 Å². The largest absolute Gasteiger partial charge is 0.257 e. The number of aryl methyl sites for hydroxylation is 2. The number of sulfonamides is 1. The van der Waals surface area contributed by atoms with Gasteiger partial charge in [0.2, 0.25) is 0 Å². The quantitative estimate of drug-likeness (QED) is 0.426. The number of nitrogens with zero attached hydrogens (tertiary/aromatic N) is 6. The smallest absolute Gasteiger partial charge is 0.232 e. The van der Waals surface area contributed by atoms with E-state index in [0.29, 0.717) is 22.9 Å². The molecule has 0 bridgehead atoms. The van der Waals surface area contributed by atoms with Crippen LogP contribution in [0.2, 0.25) is 10.3 Å².